The summed E-state index contributed by atoms with van der Waals surface area (Å²) in [5, 5.41) is 8.07. The lowest BCUT2D eigenvalue weighted by Crippen LogP contribution is -2.22. The second-order valence-corrected chi connectivity index (χ2v) is 4.98. The number of hydrogen-bond acceptors (Lipinski definition) is 4. The first-order valence-electron chi connectivity index (χ1n) is 5.76. The molecular formula is C11H13N5. The fourth-order valence-corrected chi connectivity index (χ4v) is 2.67. The van der Waals surface area contributed by atoms with E-state index in [0.29, 0.717) is 5.41 Å². The smallest absolute Gasteiger partial charge is 0.203 e. The molecule has 16 heavy (non-hydrogen) atoms. The molecule has 0 atom stereocenters. The molecule has 2 fully saturated rings. The van der Waals surface area contributed by atoms with Gasteiger partial charge in [0.05, 0.1) is 0 Å². The first kappa shape index (κ1) is 8.50. The van der Waals surface area contributed by atoms with Gasteiger partial charge in [0.2, 0.25) is 5.65 Å². The van der Waals surface area contributed by atoms with Gasteiger partial charge in [0.25, 0.3) is 0 Å². The number of anilines is 1. The predicted molar refractivity (Wildman–Crippen MR) is 59.3 cm³/mol. The van der Waals surface area contributed by atoms with Crippen LogP contribution in [0.4, 0.5) is 5.82 Å². The topological polar surface area (TPSA) is 46.3 Å². The van der Waals surface area contributed by atoms with Crippen LogP contribution < -0.4 is 4.90 Å². The van der Waals surface area contributed by atoms with Gasteiger partial charge in [-0.05, 0) is 24.7 Å². The maximum absolute atomic E-state index is 4.46. The molecule has 0 radical (unpaired) electrons. The first-order chi connectivity index (χ1) is 7.86. The highest BCUT2D eigenvalue weighted by atomic mass is 15.3. The van der Waals surface area contributed by atoms with Crippen molar-refractivity contribution in [1.82, 2.24) is 19.6 Å². The maximum Gasteiger partial charge on any atom is 0.203 e. The Labute approximate surface area is 93.1 Å². The van der Waals surface area contributed by atoms with Gasteiger partial charge in [-0.25, -0.2) is 4.98 Å². The fraction of sp³-hybridized carbons (Fsp3) is 0.545. The minimum atomic E-state index is 0.620. The van der Waals surface area contributed by atoms with Gasteiger partial charge in [-0.15, -0.1) is 10.2 Å². The minimum Gasteiger partial charge on any atom is -0.353 e. The summed E-state index contributed by atoms with van der Waals surface area (Å²) in [6.45, 7) is 2.26. The van der Waals surface area contributed by atoms with Gasteiger partial charge in [-0.2, -0.15) is 0 Å². The standard InChI is InChI=1S/C11H13N5/c1-2-11(1)3-5-15(7-11)9-10-14-13-8-16(10)6-4-12-9/h4,6,8H,1-3,5,7H2. The fourth-order valence-electron chi connectivity index (χ4n) is 2.67. The zero-order valence-corrected chi connectivity index (χ0v) is 9.00. The van der Waals surface area contributed by atoms with Gasteiger partial charge in [-0.1, -0.05) is 0 Å². The molecule has 5 nitrogen and oxygen atoms in total. The molecule has 1 saturated heterocycles. The van der Waals surface area contributed by atoms with Crippen molar-refractivity contribution in [2.75, 3.05) is 18.0 Å². The largest absolute Gasteiger partial charge is 0.353 e. The molecule has 3 heterocycles. The Morgan fingerprint density at radius 1 is 1.25 bits per heavy atom. The summed E-state index contributed by atoms with van der Waals surface area (Å²) in [6, 6.07) is 0. The Balaban J connectivity index is 1.78. The van der Waals surface area contributed by atoms with Gasteiger partial charge in [-0.3, -0.25) is 4.40 Å². The molecule has 82 valence electrons. The van der Waals surface area contributed by atoms with E-state index < -0.39 is 0 Å². The molecule has 0 aromatic carbocycles. The van der Waals surface area contributed by atoms with Crippen molar-refractivity contribution in [2.45, 2.75) is 19.3 Å². The average Bonchev–Trinajstić information content (AvgIpc) is 2.76. The summed E-state index contributed by atoms with van der Waals surface area (Å²) in [6.07, 6.45) is 9.53. The van der Waals surface area contributed by atoms with Crippen molar-refractivity contribution in [3.05, 3.63) is 18.7 Å². The average molecular weight is 215 g/mol. The predicted octanol–water partition coefficient (Wildman–Crippen LogP) is 1.11. The molecule has 1 spiro atoms. The van der Waals surface area contributed by atoms with Gasteiger partial charge < -0.3 is 4.90 Å². The Bertz CT molecular complexity index is 542. The SMILES string of the molecule is c1cn2cnnc2c(N2CCC3(CC3)C2)n1. The third kappa shape index (κ3) is 1.08. The van der Waals surface area contributed by atoms with E-state index in [1.54, 1.807) is 6.33 Å². The van der Waals surface area contributed by atoms with Crippen LogP contribution in [0.25, 0.3) is 5.65 Å². The van der Waals surface area contributed by atoms with Crippen LogP contribution in [0.2, 0.25) is 0 Å². The molecule has 0 N–H and O–H groups in total. The molecule has 2 aromatic heterocycles. The number of rotatable bonds is 1. The summed E-state index contributed by atoms with van der Waals surface area (Å²) in [5.41, 5.74) is 1.49. The van der Waals surface area contributed by atoms with Gasteiger partial charge in [0.15, 0.2) is 5.82 Å². The van der Waals surface area contributed by atoms with E-state index in [9.17, 15) is 0 Å². The van der Waals surface area contributed by atoms with E-state index in [2.05, 4.69) is 20.1 Å². The third-order valence-corrected chi connectivity index (χ3v) is 3.89. The normalized spacial score (nSPS) is 22.1. The van der Waals surface area contributed by atoms with Gasteiger partial charge in [0.1, 0.15) is 6.33 Å². The maximum atomic E-state index is 4.46. The van der Waals surface area contributed by atoms with Crippen molar-refractivity contribution >= 4 is 11.5 Å². The summed E-state index contributed by atoms with van der Waals surface area (Å²) >= 11 is 0. The zero-order valence-electron chi connectivity index (χ0n) is 9.00. The van der Waals surface area contributed by atoms with E-state index in [1.807, 2.05) is 16.8 Å². The van der Waals surface area contributed by atoms with E-state index in [4.69, 9.17) is 0 Å². The van der Waals surface area contributed by atoms with E-state index in [0.717, 1.165) is 24.6 Å². The minimum absolute atomic E-state index is 0.620. The highest BCUT2D eigenvalue weighted by Crippen LogP contribution is 2.53. The Morgan fingerprint density at radius 3 is 3.00 bits per heavy atom. The molecule has 5 heteroatoms. The Hall–Kier alpha value is -1.65. The number of aromatic nitrogens is 4. The van der Waals surface area contributed by atoms with Gasteiger partial charge >= 0.3 is 0 Å². The second-order valence-electron chi connectivity index (χ2n) is 4.98. The van der Waals surface area contributed by atoms with E-state index in [-0.39, 0.29) is 0 Å². The summed E-state index contributed by atoms with van der Waals surface area (Å²) < 4.78 is 1.93. The molecule has 0 unspecified atom stereocenters. The summed E-state index contributed by atoms with van der Waals surface area (Å²) in [4.78, 5) is 6.82. The van der Waals surface area contributed by atoms with Crippen LogP contribution in [0, 0.1) is 5.41 Å². The highest BCUT2D eigenvalue weighted by Gasteiger charge is 2.48. The molecule has 1 aliphatic carbocycles. The lowest BCUT2D eigenvalue weighted by Gasteiger charge is -2.17. The van der Waals surface area contributed by atoms with Crippen molar-refractivity contribution in [3.63, 3.8) is 0 Å². The molecule has 2 aliphatic rings. The highest BCUT2D eigenvalue weighted by molar-refractivity contribution is 5.64. The second kappa shape index (κ2) is 2.72. The van der Waals surface area contributed by atoms with Crippen LogP contribution in [0.15, 0.2) is 18.7 Å². The third-order valence-electron chi connectivity index (χ3n) is 3.89. The van der Waals surface area contributed by atoms with Crippen LogP contribution in [0.3, 0.4) is 0 Å². The Morgan fingerprint density at radius 2 is 2.19 bits per heavy atom. The van der Waals surface area contributed by atoms with Crippen LogP contribution in [-0.2, 0) is 0 Å². The number of nitrogens with zero attached hydrogens (tertiary/aromatic N) is 5. The lowest BCUT2D eigenvalue weighted by atomic mass is 10.1. The van der Waals surface area contributed by atoms with Crippen molar-refractivity contribution in [1.29, 1.82) is 0 Å². The first-order valence-corrected chi connectivity index (χ1v) is 5.76. The monoisotopic (exact) mass is 215 g/mol. The molecule has 1 aliphatic heterocycles. The zero-order chi connectivity index (χ0) is 10.6. The summed E-state index contributed by atoms with van der Waals surface area (Å²) in [5.74, 6) is 0.990. The van der Waals surface area contributed by atoms with Gasteiger partial charge in [0, 0.05) is 25.5 Å². The van der Waals surface area contributed by atoms with Crippen molar-refractivity contribution in [2.24, 2.45) is 5.41 Å². The van der Waals surface area contributed by atoms with Crippen LogP contribution in [-0.4, -0.2) is 32.7 Å². The van der Waals surface area contributed by atoms with Crippen LogP contribution >= 0.6 is 0 Å². The number of hydrogen-bond donors (Lipinski definition) is 0. The van der Waals surface area contributed by atoms with Crippen LogP contribution in [0.1, 0.15) is 19.3 Å². The molecular weight excluding hydrogens is 202 g/mol. The number of fused-ring (bicyclic) bond motifs is 1. The molecule has 0 amide bonds. The lowest BCUT2D eigenvalue weighted by molar-refractivity contribution is 0.580. The van der Waals surface area contributed by atoms with Crippen molar-refractivity contribution in [3.8, 4) is 0 Å². The van der Waals surface area contributed by atoms with E-state index in [1.165, 1.54) is 19.3 Å². The van der Waals surface area contributed by atoms with Crippen LogP contribution in [0.5, 0.6) is 0 Å². The Kier molecular flexibility index (Phi) is 1.45. The summed E-state index contributed by atoms with van der Waals surface area (Å²) in [7, 11) is 0. The quantitative estimate of drug-likeness (QED) is 0.715. The molecule has 0 bridgehead atoms. The molecule has 2 aromatic rings. The molecule has 1 saturated carbocycles. The molecule has 4 rings (SSSR count). The van der Waals surface area contributed by atoms with E-state index >= 15 is 0 Å². The van der Waals surface area contributed by atoms with Crippen molar-refractivity contribution < 1.29 is 0 Å².